The Morgan fingerprint density at radius 2 is 1.87 bits per heavy atom. The third kappa shape index (κ3) is 3.52. The number of pyridine rings is 1. The topological polar surface area (TPSA) is 71.5 Å². The molecule has 2 amide bonds. The van der Waals surface area contributed by atoms with Gasteiger partial charge in [-0.3, -0.25) is 14.6 Å². The molecular weight excluding hydrogens is 397 g/mol. The maximum absolute atomic E-state index is 13.5. The smallest absolute Gasteiger partial charge is 0.244 e. The minimum atomic E-state index is -0.709. The van der Waals surface area contributed by atoms with Crippen molar-refractivity contribution in [2.45, 2.75) is 12.3 Å². The fourth-order valence-electron chi connectivity index (χ4n) is 4.26. The van der Waals surface area contributed by atoms with Crippen LogP contribution in [0.5, 0.6) is 5.75 Å². The molecule has 5 rings (SSSR count). The van der Waals surface area contributed by atoms with Crippen molar-refractivity contribution in [3.8, 4) is 5.75 Å². The van der Waals surface area contributed by atoms with Gasteiger partial charge in [0, 0.05) is 29.7 Å². The number of amides is 2. The van der Waals surface area contributed by atoms with Crippen molar-refractivity contribution in [3.05, 3.63) is 84.4 Å². The number of anilines is 2. The van der Waals surface area contributed by atoms with Crippen molar-refractivity contribution in [2.24, 2.45) is 5.41 Å². The number of fused-ring (bicyclic) bond motifs is 3. The number of rotatable bonds is 6. The molecule has 0 spiro atoms. The van der Waals surface area contributed by atoms with Gasteiger partial charge in [0.15, 0.2) is 0 Å². The van der Waals surface area contributed by atoms with E-state index in [2.05, 4.69) is 10.3 Å². The molecule has 1 saturated carbocycles. The van der Waals surface area contributed by atoms with E-state index in [9.17, 15) is 14.0 Å². The Morgan fingerprint density at radius 3 is 2.65 bits per heavy atom. The third-order valence-electron chi connectivity index (χ3n) is 5.93. The summed E-state index contributed by atoms with van der Waals surface area (Å²) in [7, 11) is 0. The van der Waals surface area contributed by atoms with Gasteiger partial charge < -0.3 is 15.0 Å². The molecule has 156 valence electrons. The van der Waals surface area contributed by atoms with Crippen LogP contribution in [-0.4, -0.2) is 29.9 Å². The van der Waals surface area contributed by atoms with Crippen LogP contribution in [0.1, 0.15) is 17.9 Å². The van der Waals surface area contributed by atoms with E-state index in [1.54, 1.807) is 41.6 Å². The Hall–Kier alpha value is -3.74. The fraction of sp³-hybridized carbons (Fsp3) is 0.208. The summed E-state index contributed by atoms with van der Waals surface area (Å²) in [4.78, 5) is 31.7. The summed E-state index contributed by atoms with van der Waals surface area (Å²) in [6.07, 6.45) is 3.84. The monoisotopic (exact) mass is 417 g/mol. The standard InChI is InChI=1S/C24H20FN3O3/c25-16-5-7-18(8-6-16)31-15-24-13-20(24)19-3-1-2-4-21(19)28(23(24)30)14-22(29)27-17-9-11-26-12-10-17/h1-12,20H,13-15H2,(H,26,27,29)/t20-,24+/m0/s1. The van der Waals surface area contributed by atoms with E-state index < -0.39 is 5.41 Å². The number of halogens is 1. The van der Waals surface area contributed by atoms with Crippen LogP contribution in [0.25, 0.3) is 0 Å². The highest BCUT2D eigenvalue weighted by Crippen LogP contribution is 2.65. The molecule has 6 nitrogen and oxygen atoms in total. The first-order valence-corrected chi connectivity index (χ1v) is 10.1. The van der Waals surface area contributed by atoms with Gasteiger partial charge in [-0.05, 0) is 54.4 Å². The zero-order valence-corrected chi connectivity index (χ0v) is 16.6. The lowest BCUT2D eigenvalue weighted by atomic mass is 9.92. The van der Waals surface area contributed by atoms with Crippen molar-refractivity contribution < 1.29 is 18.7 Å². The van der Waals surface area contributed by atoms with E-state index in [1.165, 1.54) is 12.1 Å². The normalized spacial score (nSPS) is 21.1. The second kappa shape index (κ2) is 7.50. The third-order valence-corrected chi connectivity index (χ3v) is 5.93. The van der Waals surface area contributed by atoms with Crippen LogP contribution in [0.2, 0.25) is 0 Å². The maximum atomic E-state index is 13.5. The number of carbonyl (C=O) groups is 2. The molecule has 31 heavy (non-hydrogen) atoms. The summed E-state index contributed by atoms with van der Waals surface area (Å²) < 4.78 is 19.0. The van der Waals surface area contributed by atoms with E-state index in [1.807, 2.05) is 24.3 Å². The number of nitrogens with zero attached hydrogens (tertiary/aromatic N) is 2. The van der Waals surface area contributed by atoms with E-state index in [0.29, 0.717) is 17.9 Å². The zero-order valence-electron chi connectivity index (χ0n) is 16.6. The average Bonchev–Trinajstić information content (AvgIpc) is 3.53. The lowest BCUT2D eigenvalue weighted by Gasteiger charge is -2.33. The molecule has 0 radical (unpaired) electrons. The maximum Gasteiger partial charge on any atom is 0.244 e. The molecule has 0 unspecified atom stereocenters. The minimum Gasteiger partial charge on any atom is -0.492 e. The van der Waals surface area contributed by atoms with Crippen molar-refractivity contribution >= 4 is 23.2 Å². The van der Waals surface area contributed by atoms with Crippen LogP contribution in [0.3, 0.4) is 0 Å². The number of benzene rings is 2. The Labute approximate surface area is 178 Å². The molecule has 1 aliphatic carbocycles. The molecule has 1 aliphatic heterocycles. The lowest BCUT2D eigenvalue weighted by Crippen LogP contribution is -2.47. The Morgan fingerprint density at radius 1 is 1.13 bits per heavy atom. The van der Waals surface area contributed by atoms with Crippen LogP contribution in [0.4, 0.5) is 15.8 Å². The van der Waals surface area contributed by atoms with Gasteiger partial charge in [-0.25, -0.2) is 4.39 Å². The van der Waals surface area contributed by atoms with E-state index in [0.717, 1.165) is 11.3 Å². The number of carbonyl (C=O) groups excluding carboxylic acids is 2. The van der Waals surface area contributed by atoms with Crippen LogP contribution < -0.4 is 15.0 Å². The highest BCUT2D eigenvalue weighted by Gasteiger charge is 2.66. The number of ether oxygens (including phenoxy) is 1. The van der Waals surface area contributed by atoms with Crippen LogP contribution in [0.15, 0.2) is 73.1 Å². The van der Waals surface area contributed by atoms with Gasteiger partial charge in [0.2, 0.25) is 11.8 Å². The number of nitrogens with one attached hydrogen (secondary N) is 1. The van der Waals surface area contributed by atoms with Crippen molar-refractivity contribution in [1.82, 2.24) is 4.98 Å². The molecule has 2 aliphatic rings. The molecule has 7 heteroatoms. The SMILES string of the molecule is O=C(CN1C(=O)[C@@]2(COc3ccc(F)cc3)C[C@H]2c2ccccc21)Nc1ccncc1. The molecular formula is C24H20FN3O3. The lowest BCUT2D eigenvalue weighted by molar-refractivity contribution is -0.127. The van der Waals surface area contributed by atoms with Crippen molar-refractivity contribution in [1.29, 1.82) is 0 Å². The van der Waals surface area contributed by atoms with Crippen LogP contribution in [-0.2, 0) is 9.59 Å². The summed E-state index contributed by atoms with van der Waals surface area (Å²) in [5.74, 6) is -0.193. The predicted octanol–water partition coefficient (Wildman–Crippen LogP) is 3.76. The average molecular weight is 417 g/mol. The molecule has 2 aromatic carbocycles. The highest BCUT2D eigenvalue weighted by atomic mass is 19.1. The summed E-state index contributed by atoms with van der Waals surface area (Å²) in [6.45, 7) is 0.0854. The van der Waals surface area contributed by atoms with Gasteiger partial charge in [-0.1, -0.05) is 18.2 Å². The predicted molar refractivity (Wildman–Crippen MR) is 113 cm³/mol. The van der Waals surface area contributed by atoms with Gasteiger partial charge >= 0.3 is 0 Å². The van der Waals surface area contributed by atoms with E-state index >= 15 is 0 Å². The zero-order chi connectivity index (χ0) is 21.4. The Balaban J connectivity index is 1.37. The molecule has 2 heterocycles. The summed E-state index contributed by atoms with van der Waals surface area (Å²) >= 11 is 0. The largest absolute Gasteiger partial charge is 0.492 e. The van der Waals surface area contributed by atoms with Gasteiger partial charge in [0.1, 0.15) is 24.7 Å². The molecule has 1 aromatic heterocycles. The van der Waals surface area contributed by atoms with Gasteiger partial charge in [-0.15, -0.1) is 0 Å². The fourth-order valence-corrected chi connectivity index (χ4v) is 4.26. The molecule has 0 bridgehead atoms. The minimum absolute atomic E-state index is 0.0520. The molecule has 1 fully saturated rings. The first kappa shape index (κ1) is 19.2. The van der Waals surface area contributed by atoms with E-state index in [-0.39, 0.29) is 36.7 Å². The first-order valence-electron chi connectivity index (χ1n) is 10.1. The van der Waals surface area contributed by atoms with Gasteiger partial charge in [0.05, 0.1) is 5.41 Å². The number of para-hydroxylation sites is 1. The van der Waals surface area contributed by atoms with Gasteiger partial charge in [0.25, 0.3) is 0 Å². The Bertz CT molecular complexity index is 1140. The number of hydrogen-bond donors (Lipinski definition) is 1. The molecule has 2 atom stereocenters. The second-order valence-corrected chi connectivity index (χ2v) is 7.89. The molecule has 1 N–H and O–H groups in total. The summed E-state index contributed by atoms with van der Waals surface area (Å²) in [5.41, 5.74) is 1.72. The van der Waals surface area contributed by atoms with Crippen molar-refractivity contribution in [3.63, 3.8) is 0 Å². The number of hydrogen-bond acceptors (Lipinski definition) is 4. The molecule has 3 aromatic rings. The molecule has 0 saturated heterocycles. The summed E-state index contributed by atoms with van der Waals surface area (Å²) in [5, 5.41) is 2.81. The second-order valence-electron chi connectivity index (χ2n) is 7.89. The highest BCUT2D eigenvalue weighted by molar-refractivity contribution is 6.09. The van der Waals surface area contributed by atoms with Crippen LogP contribution in [0, 0.1) is 11.2 Å². The van der Waals surface area contributed by atoms with Crippen LogP contribution >= 0.6 is 0 Å². The van der Waals surface area contributed by atoms with Crippen molar-refractivity contribution in [2.75, 3.05) is 23.4 Å². The van der Waals surface area contributed by atoms with Gasteiger partial charge in [-0.2, -0.15) is 0 Å². The Kier molecular flexibility index (Phi) is 4.66. The first-order chi connectivity index (χ1) is 15.1. The number of aromatic nitrogens is 1. The quantitative estimate of drug-likeness (QED) is 0.663. The van der Waals surface area contributed by atoms with E-state index in [4.69, 9.17) is 4.74 Å². The summed E-state index contributed by atoms with van der Waals surface area (Å²) in [6, 6.07) is 16.8.